The van der Waals surface area contributed by atoms with E-state index in [1.807, 2.05) is 31.2 Å². The van der Waals surface area contributed by atoms with Gasteiger partial charge in [0.2, 0.25) is 5.91 Å². The maximum absolute atomic E-state index is 12.4. The molecule has 0 heterocycles. The van der Waals surface area contributed by atoms with Crippen molar-refractivity contribution in [1.29, 1.82) is 0 Å². The predicted octanol–water partition coefficient (Wildman–Crippen LogP) is 4.31. The number of alkyl carbamates (subject to hydrolysis) is 1. The first-order valence-corrected chi connectivity index (χ1v) is 12.0. The van der Waals surface area contributed by atoms with Crippen LogP contribution in [0.3, 0.4) is 0 Å². The Morgan fingerprint density at radius 1 is 1.03 bits per heavy atom. The highest BCUT2D eigenvalue weighted by Crippen LogP contribution is 2.44. The third-order valence-corrected chi connectivity index (χ3v) is 6.72. The Labute approximate surface area is 199 Å². The minimum Gasteiger partial charge on any atom is -0.481 e. The normalized spacial score (nSPS) is 16.1. The number of hydrogen-bond acceptors (Lipinski definition) is 4. The average molecular weight is 465 g/mol. The average Bonchev–Trinajstić information content (AvgIpc) is 3.59. The van der Waals surface area contributed by atoms with E-state index in [2.05, 4.69) is 34.9 Å². The Bertz CT molecular complexity index is 1000. The van der Waals surface area contributed by atoms with Crippen molar-refractivity contribution in [3.05, 3.63) is 59.7 Å². The summed E-state index contributed by atoms with van der Waals surface area (Å²) in [5, 5.41) is 14.8. The van der Waals surface area contributed by atoms with Gasteiger partial charge in [0.25, 0.3) is 0 Å². The number of nitrogens with one attached hydrogen (secondary N) is 2. The van der Waals surface area contributed by atoms with Crippen LogP contribution in [0.2, 0.25) is 0 Å². The number of aliphatic carboxylic acids is 1. The molecule has 4 rings (SSSR count). The number of ether oxygens (including phenoxy) is 1. The highest BCUT2D eigenvalue weighted by molar-refractivity contribution is 5.79. The van der Waals surface area contributed by atoms with Crippen LogP contribution in [0.5, 0.6) is 0 Å². The van der Waals surface area contributed by atoms with E-state index in [-0.39, 0.29) is 37.4 Å². The minimum absolute atomic E-state index is 0.00273. The Morgan fingerprint density at radius 3 is 2.24 bits per heavy atom. The van der Waals surface area contributed by atoms with Crippen molar-refractivity contribution in [3.63, 3.8) is 0 Å². The van der Waals surface area contributed by atoms with Crippen LogP contribution in [0.15, 0.2) is 48.5 Å². The van der Waals surface area contributed by atoms with Crippen molar-refractivity contribution >= 4 is 18.0 Å². The van der Waals surface area contributed by atoms with Gasteiger partial charge in [-0.15, -0.1) is 0 Å². The van der Waals surface area contributed by atoms with Crippen LogP contribution in [0.25, 0.3) is 11.1 Å². The molecule has 0 radical (unpaired) electrons. The zero-order valence-corrected chi connectivity index (χ0v) is 19.5. The molecule has 34 heavy (non-hydrogen) atoms. The van der Waals surface area contributed by atoms with Gasteiger partial charge < -0.3 is 20.5 Å². The van der Waals surface area contributed by atoms with Crippen LogP contribution in [0, 0.1) is 11.8 Å². The van der Waals surface area contributed by atoms with E-state index in [1.54, 1.807) is 0 Å². The Balaban J connectivity index is 1.19. The number of carboxylic acid groups (broad SMARTS) is 1. The second-order valence-electron chi connectivity index (χ2n) is 9.43. The fraction of sp³-hybridized carbons (Fsp3) is 0.444. The molecule has 3 N–H and O–H groups in total. The predicted molar refractivity (Wildman–Crippen MR) is 128 cm³/mol. The van der Waals surface area contributed by atoms with Gasteiger partial charge in [-0.2, -0.15) is 0 Å². The fourth-order valence-electron chi connectivity index (χ4n) is 4.61. The number of fused-ring (bicyclic) bond motifs is 3. The number of carboxylic acids is 1. The molecule has 2 unspecified atom stereocenters. The highest BCUT2D eigenvalue weighted by Gasteiger charge is 2.30. The van der Waals surface area contributed by atoms with E-state index in [0.717, 1.165) is 24.0 Å². The zero-order chi connectivity index (χ0) is 24.1. The van der Waals surface area contributed by atoms with Gasteiger partial charge in [0, 0.05) is 24.9 Å². The maximum Gasteiger partial charge on any atom is 0.407 e. The molecule has 2 aliphatic carbocycles. The standard InChI is InChI=1S/C27H32N2O5/c1-17(10-13-25(30)28-15-19(26(31)32)14-18-11-12-18)29-27(33)34-16-24-22-8-4-2-6-20(22)21-7-3-5-9-23(21)24/h2-9,17-19,24H,10-16H2,1H3,(H,28,30)(H,29,33)(H,31,32). The SMILES string of the molecule is CC(CCC(=O)NCC(CC1CC1)C(=O)O)NC(=O)OCC1c2ccccc2-c2ccccc21. The lowest BCUT2D eigenvalue weighted by atomic mass is 9.98. The van der Waals surface area contributed by atoms with E-state index < -0.39 is 18.0 Å². The zero-order valence-electron chi connectivity index (χ0n) is 19.5. The fourth-order valence-corrected chi connectivity index (χ4v) is 4.61. The maximum atomic E-state index is 12.4. The first kappa shape index (κ1) is 23.8. The van der Waals surface area contributed by atoms with Crippen molar-refractivity contribution in [2.45, 2.75) is 51.0 Å². The van der Waals surface area contributed by atoms with Crippen LogP contribution >= 0.6 is 0 Å². The molecule has 1 saturated carbocycles. The second kappa shape index (κ2) is 10.7. The van der Waals surface area contributed by atoms with Crippen molar-refractivity contribution in [3.8, 4) is 11.1 Å². The molecule has 1 fully saturated rings. The summed E-state index contributed by atoms with van der Waals surface area (Å²) >= 11 is 0. The van der Waals surface area contributed by atoms with Crippen LogP contribution < -0.4 is 10.6 Å². The van der Waals surface area contributed by atoms with Gasteiger partial charge in [0.15, 0.2) is 0 Å². The Morgan fingerprint density at radius 2 is 1.65 bits per heavy atom. The third-order valence-electron chi connectivity index (χ3n) is 6.72. The summed E-state index contributed by atoms with van der Waals surface area (Å²) in [4.78, 5) is 35.9. The monoisotopic (exact) mass is 464 g/mol. The largest absolute Gasteiger partial charge is 0.481 e. The van der Waals surface area contributed by atoms with Crippen LogP contribution in [-0.4, -0.2) is 42.3 Å². The summed E-state index contributed by atoms with van der Waals surface area (Å²) in [6, 6.07) is 16.1. The summed E-state index contributed by atoms with van der Waals surface area (Å²) in [5.41, 5.74) is 4.66. The van der Waals surface area contributed by atoms with Gasteiger partial charge in [-0.05, 0) is 47.9 Å². The van der Waals surface area contributed by atoms with Crippen molar-refractivity contribution in [1.82, 2.24) is 10.6 Å². The number of benzene rings is 2. The number of amides is 2. The van der Waals surface area contributed by atoms with Crippen LogP contribution in [0.1, 0.15) is 56.1 Å². The summed E-state index contributed by atoms with van der Waals surface area (Å²) in [5.74, 6) is -1.12. The van der Waals surface area contributed by atoms with Gasteiger partial charge in [-0.3, -0.25) is 9.59 Å². The lowest BCUT2D eigenvalue weighted by Crippen LogP contribution is -2.36. The summed E-state index contributed by atoms with van der Waals surface area (Å²) < 4.78 is 5.55. The van der Waals surface area contributed by atoms with Crippen molar-refractivity contribution in [2.75, 3.05) is 13.2 Å². The lowest BCUT2D eigenvalue weighted by molar-refractivity contribution is -0.142. The Kier molecular flexibility index (Phi) is 7.50. The molecule has 7 nitrogen and oxygen atoms in total. The Hall–Kier alpha value is -3.35. The summed E-state index contributed by atoms with van der Waals surface area (Å²) in [6.07, 6.45) is 2.92. The molecular weight excluding hydrogens is 432 g/mol. The van der Waals surface area contributed by atoms with Crippen LogP contribution in [-0.2, 0) is 14.3 Å². The van der Waals surface area contributed by atoms with E-state index in [1.165, 1.54) is 11.1 Å². The molecule has 2 aliphatic rings. The number of hydrogen-bond donors (Lipinski definition) is 3. The highest BCUT2D eigenvalue weighted by atomic mass is 16.5. The topological polar surface area (TPSA) is 105 Å². The summed E-state index contributed by atoms with van der Waals surface area (Å²) in [6.45, 7) is 2.21. The molecule has 0 aromatic heterocycles. The number of rotatable bonds is 11. The smallest absolute Gasteiger partial charge is 0.407 e. The molecule has 180 valence electrons. The minimum atomic E-state index is -0.863. The molecule has 0 aliphatic heterocycles. The van der Waals surface area contributed by atoms with Crippen molar-refractivity contribution in [2.24, 2.45) is 11.8 Å². The van der Waals surface area contributed by atoms with Gasteiger partial charge >= 0.3 is 12.1 Å². The van der Waals surface area contributed by atoms with E-state index >= 15 is 0 Å². The van der Waals surface area contributed by atoms with Gasteiger partial charge in [0.05, 0.1) is 5.92 Å². The molecule has 2 aromatic carbocycles. The molecule has 7 heteroatoms. The van der Waals surface area contributed by atoms with E-state index in [0.29, 0.717) is 18.8 Å². The van der Waals surface area contributed by atoms with Gasteiger partial charge in [-0.25, -0.2) is 4.79 Å². The molecular formula is C27H32N2O5. The van der Waals surface area contributed by atoms with Gasteiger partial charge in [-0.1, -0.05) is 61.4 Å². The van der Waals surface area contributed by atoms with E-state index in [9.17, 15) is 19.5 Å². The molecule has 2 atom stereocenters. The van der Waals surface area contributed by atoms with Gasteiger partial charge in [0.1, 0.15) is 6.61 Å². The first-order valence-electron chi connectivity index (χ1n) is 12.0. The van der Waals surface area contributed by atoms with Crippen LogP contribution in [0.4, 0.5) is 4.79 Å². The number of carbonyl (C=O) groups is 3. The lowest BCUT2D eigenvalue weighted by Gasteiger charge is -2.17. The molecule has 2 aromatic rings. The first-order chi connectivity index (χ1) is 16.4. The van der Waals surface area contributed by atoms with Crippen molar-refractivity contribution < 1.29 is 24.2 Å². The third kappa shape index (κ3) is 5.95. The molecule has 0 spiro atoms. The quantitative estimate of drug-likeness (QED) is 0.460. The number of carbonyl (C=O) groups excluding carboxylic acids is 2. The molecule has 2 amide bonds. The summed E-state index contributed by atoms with van der Waals surface area (Å²) in [7, 11) is 0. The molecule has 0 saturated heterocycles. The second-order valence-corrected chi connectivity index (χ2v) is 9.43. The van der Waals surface area contributed by atoms with E-state index in [4.69, 9.17) is 4.74 Å². The molecule has 0 bridgehead atoms.